The van der Waals surface area contributed by atoms with Crippen LogP contribution in [0.3, 0.4) is 0 Å². The Morgan fingerprint density at radius 3 is 2.33 bits per heavy atom. The van der Waals surface area contributed by atoms with Gasteiger partial charge in [-0.3, -0.25) is 20.3 Å². The second-order valence-electron chi connectivity index (χ2n) is 5.87. The number of hydrogen-bond donors (Lipinski definition) is 2. The van der Waals surface area contributed by atoms with Crippen LogP contribution in [0.25, 0.3) is 0 Å². The van der Waals surface area contributed by atoms with Crippen LogP contribution in [-0.4, -0.2) is 40.1 Å². The molecule has 0 unspecified atom stereocenters. The molecule has 2 N–H and O–H groups in total. The summed E-state index contributed by atoms with van der Waals surface area (Å²) in [5.41, 5.74) is 1.71. The third-order valence-electron chi connectivity index (χ3n) is 3.83. The number of hydrazine groups is 1. The van der Waals surface area contributed by atoms with Crippen molar-refractivity contribution in [3.8, 4) is 17.2 Å². The Labute approximate surface area is 173 Å². The van der Waals surface area contributed by atoms with Crippen LogP contribution in [0.2, 0.25) is 0 Å². The van der Waals surface area contributed by atoms with Crippen molar-refractivity contribution >= 4 is 21.6 Å². The highest BCUT2D eigenvalue weighted by Crippen LogP contribution is 2.29. The normalized spacial score (nSPS) is 10.9. The Morgan fingerprint density at radius 1 is 1.07 bits per heavy atom. The molecule has 0 aliphatic rings. The molecule has 11 nitrogen and oxygen atoms in total. The average molecular weight is 439 g/mol. The molecule has 2 rings (SSSR count). The molecule has 0 radical (unpaired) electrons. The highest BCUT2D eigenvalue weighted by Gasteiger charge is 2.24. The Bertz CT molecular complexity index is 1040. The van der Waals surface area contributed by atoms with Gasteiger partial charge in [0.25, 0.3) is 21.6 Å². The lowest BCUT2D eigenvalue weighted by molar-refractivity contribution is -0.385. The zero-order chi connectivity index (χ0) is 22.3. The maximum absolute atomic E-state index is 12.5. The predicted octanol–water partition coefficient (Wildman–Crippen LogP) is 2.02. The molecular weight excluding hydrogens is 418 g/mol. The summed E-state index contributed by atoms with van der Waals surface area (Å²) in [6.45, 7) is 2.41. The standard InChI is InChI=1S/C18H21N3O8S/c1-4-9-29-14-7-5-12(10-16(14)28-3)18(22)19-20-30(25,26)17-11-13(21(23)24)6-8-15(17)27-2/h5-8,10-11,20H,4,9H2,1-3H3,(H,19,22). The number of non-ortho nitro benzene ring substituents is 1. The van der Waals surface area contributed by atoms with Crippen molar-refractivity contribution in [1.82, 2.24) is 10.3 Å². The minimum absolute atomic E-state index is 0.101. The van der Waals surface area contributed by atoms with E-state index in [1.165, 1.54) is 32.4 Å². The Morgan fingerprint density at radius 2 is 1.73 bits per heavy atom. The number of sulfonamides is 1. The Hall–Kier alpha value is -3.38. The molecule has 0 aromatic heterocycles. The van der Waals surface area contributed by atoms with Gasteiger partial charge in [0.1, 0.15) is 10.6 Å². The van der Waals surface area contributed by atoms with Gasteiger partial charge in [0.15, 0.2) is 11.5 Å². The smallest absolute Gasteiger partial charge is 0.271 e. The highest BCUT2D eigenvalue weighted by atomic mass is 32.2. The zero-order valence-electron chi connectivity index (χ0n) is 16.5. The van der Waals surface area contributed by atoms with Crippen molar-refractivity contribution in [3.63, 3.8) is 0 Å². The van der Waals surface area contributed by atoms with Crippen molar-refractivity contribution in [3.05, 3.63) is 52.1 Å². The van der Waals surface area contributed by atoms with Crippen LogP contribution < -0.4 is 24.5 Å². The summed E-state index contributed by atoms with van der Waals surface area (Å²) in [7, 11) is -1.74. The van der Waals surface area contributed by atoms with Crippen molar-refractivity contribution in [1.29, 1.82) is 0 Å². The number of nitro benzene ring substituents is 1. The summed E-state index contributed by atoms with van der Waals surface area (Å²) in [4.78, 5) is 24.0. The molecule has 0 saturated heterocycles. The van der Waals surface area contributed by atoms with Crippen molar-refractivity contribution in [2.24, 2.45) is 0 Å². The van der Waals surface area contributed by atoms with Gasteiger partial charge < -0.3 is 14.2 Å². The number of hydrogen-bond acceptors (Lipinski definition) is 8. The number of carbonyl (C=O) groups is 1. The summed E-state index contributed by atoms with van der Waals surface area (Å²) in [5.74, 6) is -0.151. The molecule has 1 amide bonds. The number of rotatable bonds is 10. The van der Waals surface area contributed by atoms with E-state index in [2.05, 4.69) is 5.43 Å². The van der Waals surface area contributed by atoms with E-state index in [1.807, 2.05) is 11.8 Å². The second kappa shape index (κ2) is 9.89. The number of carbonyl (C=O) groups excluding carboxylic acids is 1. The van der Waals surface area contributed by atoms with Gasteiger partial charge in [-0.2, -0.15) is 0 Å². The highest BCUT2D eigenvalue weighted by molar-refractivity contribution is 7.89. The molecule has 0 atom stereocenters. The van der Waals surface area contributed by atoms with Crippen LogP contribution in [0.1, 0.15) is 23.7 Å². The third-order valence-corrected chi connectivity index (χ3v) is 5.10. The van der Waals surface area contributed by atoms with Crippen molar-refractivity contribution in [2.75, 3.05) is 20.8 Å². The van der Waals surface area contributed by atoms with Gasteiger partial charge in [0.05, 0.1) is 25.7 Å². The Balaban J connectivity index is 2.21. The molecule has 2 aromatic carbocycles. The topological polar surface area (TPSA) is 146 Å². The van der Waals surface area contributed by atoms with Crippen LogP contribution in [0, 0.1) is 10.1 Å². The fourth-order valence-corrected chi connectivity index (χ4v) is 3.40. The molecule has 162 valence electrons. The van der Waals surface area contributed by atoms with E-state index in [9.17, 15) is 23.3 Å². The maximum Gasteiger partial charge on any atom is 0.271 e. The van der Waals surface area contributed by atoms with E-state index in [0.717, 1.165) is 24.6 Å². The van der Waals surface area contributed by atoms with E-state index < -0.39 is 31.4 Å². The fourth-order valence-electron chi connectivity index (χ4n) is 2.37. The van der Waals surface area contributed by atoms with Gasteiger partial charge in [-0.25, -0.2) is 8.42 Å². The number of benzene rings is 2. The fraction of sp³-hybridized carbons (Fsp3) is 0.278. The van der Waals surface area contributed by atoms with Crippen molar-refractivity contribution in [2.45, 2.75) is 18.2 Å². The van der Waals surface area contributed by atoms with Crippen LogP contribution >= 0.6 is 0 Å². The SMILES string of the molecule is CCCOc1ccc(C(=O)NNS(=O)(=O)c2cc([N+](=O)[O-])ccc2OC)cc1OC. The van der Waals surface area contributed by atoms with E-state index in [0.29, 0.717) is 18.1 Å². The molecular formula is C18H21N3O8S. The molecule has 30 heavy (non-hydrogen) atoms. The molecule has 0 aliphatic carbocycles. The van der Waals surface area contributed by atoms with Gasteiger partial charge in [-0.15, -0.1) is 4.83 Å². The molecule has 2 aromatic rings. The van der Waals surface area contributed by atoms with Crippen LogP contribution in [0.4, 0.5) is 5.69 Å². The van der Waals surface area contributed by atoms with Crippen LogP contribution in [0.5, 0.6) is 17.2 Å². The molecule has 0 saturated carbocycles. The summed E-state index contributed by atoms with van der Waals surface area (Å²) in [6, 6.07) is 7.44. The summed E-state index contributed by atoms with van der Waals surface area (Å²) >= 11 is 0. The van der Waals surface area contributed by atoms with E-state index in [1.54, 1.807) is 0 Å². The van der Waals surface area contributed by atoms with Crippen LogP contribution in [0.15, 0.2) is 41.3 Å². The van der Waals surface area contributed by atoms with Gasteiger partial charge in [0, 0.05) is 17.7 Å². The van der Waals surface area contributed by atoms with Gasteiger partial charge in [0.2, 0.25) is 0 Å². The Kier molecular flexibility index (Phi) is 7.55. The predicted molar refractivity (Wildman–Crippen MR) is 106 cm³/mol. The zero-order valence-corrected chi connectivity index (χ0v) is 17.3. The minimum Gasteiger partial charge on any atom is -0.495 e. The first kappa shape index (κ1) is 22.9. The number of methoxy groups -OCH3 is 2. The summed E-state index contributed by atoms with van der Waals surface area (Å²) < 4.78 is 40.7. The largest absolute Gasteiger partial charge is 0.495 e. The lowest BCUT2D eigenvalue weighted by Gasteiger charge is -2.13. The summed E-state index contributed by atoms with van der Waals surface area (Å²) in [5, 5.41) is 10.9. The van der Waals surface area contributed by atoms with Crippen molar-refractivity contribution < 1.29 is 32.3 Å². The first-order chi connectivity index (χ1) is 14.2. The first-order valence-electron chi connectivity index (χ1n) is 8.69. The van der Waals surface area contributed by atoms with E-state index in [-0.39, 0.29) is 11.3 Å². The first-order valence-corrected chi connectivity index (χ1v) is 10.2. The summed E-state index contributed by atoms with van der Waals surface area (Å²) in [6.07, 6.45) is 0.786. The number of amides is 1. The minimum atomic E-state index is -4.37. The van der Waals surface area contributed by atoms with Crippen LogP contribution in [-0.2, 0) is 10.0 Å². The second-order valence-corrected chi connectivity index (χ2v) is 7.52. The molecule has 0 spiro atoms. The molecule has 0 fully saturated rings. The molecule has 0 aliphatic heterocycles. The van der Waals surface area contributed by atoms with Gasteiger partial charge in [-0.05, 0) is 30.7 Å². The molecule has 0 heterocycles. The van der Waals surface area contributed by atoms with E-state index >= 15 is 0 Å². The van der Waals surface area contributed by atoms with Gasteiger partial charge >= 0.3 is 0 Å². The third kappa shape index (κ3) is 5.36. The molecule has 0 bridgehead atoms. The average Bonchev–Trinajstić information content (AvgIpc) is 2.75. The number of nitrogens with zero attached hydrogens (tertiary/aromatic N) is 1. The lowest BCUT2D eigenvalue weighted by Crippen LogP contribution is -2.41. The molecule has 12 heteroatoms. The van der Waals surface area contributed by atoms with Gasteiger partial charge in [-0.1, -0.05) is 6.92 Å². The lowest BCUT2D eigenvalue weighted by atomic mass is 10.2. The number of nitrogens with one attached hydrogen (secondary N) is 2. The van der Waals surface area contributed by atoms with E-state index in [4.69, 9.17) is 14.2 Å². The number of nitro groups is 1. The monoisotopic (exact) mass is 439 g/mol. The maximum atomic E-state index is 12.5. The quantitative estimate of drug-likeness (QED) is 0.422. The number of ether oxygens (including phenoxy) is 3.